The van der Waals surface area contributed by atoms with Crippen LogP contribution in [0.3, 0.4) is 0 Å². The number of carbonyl (C=O) groups is 1. The van der Waals surface area contributed by atoms with Gasteiger partial charge in [-0.3, -0.25) is 14.0 Å². The van der Waals surface area contributed by atoms with Crippen LogP contribution in [-0.2, 0) is 23.0 Å². The summed E-state index contributed by atoms with van der Waals surface area (Å²) in [6.45, 7) is 6.19. The van der Waals surface area contributed by atoms with Gasteiger partial charge < -0.3 is 14.2 Å². The number of carbonyl (C=O) groups excluding carboxylic acids is 1. The molecule has 158 valence electrons. The molecule has 1 aliphatic rings. The molecule has 1 aliphatic heterocycles. The molecular weight excluding hydrogens is 404 g/mol. The minimum Gasteiger partial charge on any atom is -0.378 e. The van der Waals surface area contributed by atoms with E-state index in [9.17, 15) is 9.59 Å². The van der Waals surface area contributed by atoms with E-state index in [1.54, 1.807) is 15.5 Å². The smallest absolute Gasteiger partial charge is 0.261 e. The van der Waals surface area contributed by atoms with Crippen LogP contribution in [0.4, 0.5) is 0 Å². The van der Waals surface area contributed by atoms with Crippen molar-refractivity contribution in [3.63, 3.8) is 0 Å². The fraction of sp³-hybridized carbons (Fsp3) is 0.450. The van der Waals surface area contributed by atoms with Crippen LogP contribution in [0.2, 0.25) is 0 Å². The van der Waals surface area contributed by atoms with Gasteiger partial charge in [0.1, 0.15) is 11.5 Å². The maximum Gasteiger partial charge on any atom is 0.261 e. The quantitative estimate of drug-likeness (QED) is 0.559. The zero-order valence-corrected chi connectivity index (χ0v) is 18.1. The average molecular weight is 429 g/mol. The van der Waals surface area contributed by atoms with E-state index < -0.39 is 0 Å². The van der Waals surface area contributed by atoms with Gasteiger partial charge in [0.15, 0.2) is 5.16 Å². The second-order valence-electron chi connectivity index (χ2n) is 7.33. The first-order valence-corrected chi connectivity index (χ1v) is 10.8. The van der Waals surface area contributed by atoms with Crippen molar-refractivity contribution in [3.8, 4) is 0 Å². The topological polar surface area (TPSA) is 94.6 Å². The third-order valence-electron chi connectivity index (χ3n) is 5.22. The molecule has 9 nitrogen and oxygen atoms in total. The van der Waals surface area contributed by atoms with Gasteiger partial charge in [0, 0.05) is 44.0 Å². The summed E-state index contributed by atoms with van der Waals surface area (Å²) in [5.41, 5.74) is 2.80. The molecule has 0 aliphatic carbocycles. The Morgan fingerprint density at radius 1 is 1.20 bits per heavy atom. The van der Waals surface area contributed by atoms with Gasteiger partial charge in [0.05, 0.1) is 19.0 Å². The van der Waals surface area contributed by atoms with E-state index in [2.05, 4.69) is 15.2 Å². The first-order chi connectivity index (χ1) is 14.4. The standard InChI is InChI=1S/C20H24N6O3S/c1-13-4-5-16-21-14(2)15(19(28)26(16)11-13)10-17-22-23-20(24(17)3)30-12-18(27)25-6-8-29-9-7-25/h4-5,11H,6-10,12H2,1-3H3. The maximum absolute atomic E-state index is 13.0. The predicted octanol–water partition coefficient (Wildman–Crippen LogP) is 0.982. The summed E-state index contributed by atoms with van der Waals surface area (Å²) < 4.78 is 8.69. The first-order valence-electron chi connectivity index (χ1n) is 9.79. The van der Waals surface area contributed by atoms with Gasteiger partial charge >= 0.3 is 0 Å². The molecule has 3 aromatic heterocycles. The van der Waals surface area contributed by atoms with E-state index in [1.165, 1.54) is 11.8 Å². The Labute approximate surface area is 178 Å². The second kappa shape index (κ2) is 8.57. The number of pyridine rings is 1. The molecule has 0 bridgehead atoms. The number of thioether (sulfide) groups is 1. The number of aryl methyl sites for hydroxylation is 2. The molecule has 0 atom stereocenters. The van der Waals surface area contributed by atoms with Gasteiger partial charge in [-0.2, -0.15) is 0 Å². The van der Waals surface area contributed by atoms with Crippen molar-refractivity contribution < 1.29 is 9.53 Å². The lowest BCUT2D eigenvalue weighted by molar-refractivity contribution is -0.132. The minimum atomic E-state index is -0.0964. The Morgan fingerprint density at radius 3 is 2.73 bits per heavy atom. The van der Waals surface area contributed by atoms with E-state index in [1.807, 2.05) is 37.6 Å². The van der Waals surface area contributed by atoms with Crippen LogP contribution in [0, 0.1) is 13.8 Å². The molecule has 1 amide bonds. The highest BCUT2D eigenvalue weighted by Crippen LogP contribution is 2.18. The molecule has 0 radical (unpaired) electrons. The Hall–Kier alpha value is -2.72. The fourth-order valence-corrected chi connectivity index (χ4v) is 4.24. The maximum atomic E-state index is 13.0. The van der Waals surface area contributed by atoms with E-state index in [4.69, 9.17) is 4.74 Å². The monoisotopic (exact) mass is 428 g/mol. The van der Waals surface area contributed by atoms with Crippen molar-refractivity contribution >= 4 is 23.3 Å². The number of amides is 1. The Balaban J connectivity index is 1.52. The highest BCUT2D eigenvalue weighted by Gasteiger charge is 2.20. The lowest BCUT2D eigenvalue weighted by Crippen LogP contribution is -2.41. The molecule has 4 heterocycles. The Kier molecular flexibility index (Phi) is 5.87. The molecule has 0 spiro atoms. The van der Waals surface area contributed by atoms with Crippen LogP contribution >= 0.6 is 11.8 Å². The number of morpholine rings is 1. The van der Waals surface area contributed by atoms with Crippen LogP contribution in [0.25, 0.3) is 5.65 Å². The normalized spacial score (nSPS) is 14.4. The molecular formula is C20H24N6O3S. The summed E-state index contributed by atoms with van der Waals surface area (Å²) in [5, 5.41) is 9.12. The second-order valence-corrected chi connectivity index (χ2v) is 8.27. The van der Waals surface area contributed by atoms with E-state index in [0.717, 1.165) is 5.56 Å². The van der Waals surface area contributed by atoms with Crippen molar-refractivity contribution in [2.75, 3.05) is 32.1 Å². The van der Waals surface area contributed by atoms with Gasteiger partial charge in [-0.1, -0.05) is 17.8 Å². The van der Waals surface area contributed by atoms with Crippen LogP contribution in [0.5, 0.6) is 0 Å². The van der Waals surface area contributed by atoms with Crippen LogP contribution in [0.1, 0.15) is 22.6 Å². The average Bonchev–Trinajstić information content (AvgIpc) is 3.10. The van der Waals surface area contributed by atoms with Gasteiger partial charge in [-0.05, 0) is 25.5 Å². The van der Waals surface area contributed by atoms with Crippen LogP contribution in [-0.4, -0.2) is 67.0 Å². The van der Waals surface area contributed by atoms with Gasteiger partial charge in [0.25, 0.3) is 5.56 Å². The summed E-state index contributed by atoms with van der Waals surface area (Å²) in [6, 6.07) is 3.78. The molecule has 0 saturated carbocycles. The summed E-state index contributed by atoms with van der Waals surface area (Å²) >= 11 is 1.35. The number of aromatic nitrogens is 5. The fourth-order valence-electron chi connectivity index (χ4n) is 3.41. The molecule has 4 rings (SSSR count). The van der Waals surface area contributed by atoms with Gasteiger partial charge in [-0.25, -0.2) is 4.98 Å². The number of nitrogens with zero attached hydrogens (tertiary/aromatic N) is 6. The summed E-state index contributed by atoms with van der Waals surface area (Å²) in [6.07, 6.45) is 2.12. The summed E-state index contributed by atoms with van der Waals surface area (Å²) in [7, 11) is 1.85. The zero-order chi connectivity index (χ0) is 21.3. The van der Waals surface area contributed by atoms with E-state index in [-0.39, 0.29) is 11.5 Å². The minimum absolute atomic E-state index is 0.0658. The van der Waals surface area contributed by atoms with Gasteiger partial charge in [0.2, 0.25) is 5.91 Å². The van der Waals surface area contributed by atoms with Crippen molar-refractivity contribution in [3.05, 3.63) is 51.3 Å². The number of fused-ring (bicyclic) bond motifs is 1. The number of rotatable bonds is 5. The number of hydrogen-bond donors (Lipinski definition) is 0. The number of ether oxygens (including phenoxy) is 1. The zero-order valence-electron chi connectivity index (χ0n) is 17.3. The predicted molar refractivity (Wildman–Crippen MR) is 113 cm³/mol. The molecule has 0 aromatic carbocycles. The van der Waals surface area contributed by atoms with Crippen molar-refractivity contribution in [1.82, 2.24) is 29.0 Å². The third kappa shape index (κ3) is 4.10. The van der Waals surface area contributed by atoms with E-state index >= 15 is 0 Å². The summed E-state index contributed by atoms with van der Waals surface area (Å²) in [5.74, 6) is 1.02. The Morgan fingerprint density at radius 2 is 1.97 bits per heavy atom. The lowest BCUT2D eigenvalue weighted by atomic mass is 10.1. The third-order valence-corrected chi connectivity index (χ3v) is 6.22. The Bertz CT molecular complexity index is 1150. The molecule has 0 N–H and O–H groups in total. The highest BCUT2D eigenvalue weighted by atomic mass is 32.2. The van der Waals surface area contributed by atoms with Crippen LogP contribution < -0.4 is 5.56 Å². The van der Waals surface area contributed by atoms with Crippen molar-refractivity contribution in [2.45, 2.75) is 25.4 Å². The molecule has 0 unspecified atom stereocenters. The molecule has 3 aromatic rings. The first kappa shape index (κ1) is 20.5. The molecule has 10 heteroatoms. The SMILES string of the molecule is Cc1ccc2nc(C)c(Cc3nnc(SCC(=O)N4CCOCC4)n3C)c(=O)n2c1. The largest absolute Gasteiger partial charge is 0.378 e. The highest BCUT2D eigenvalue weighted by molar-refractivity contribution is 7.99. The van der Waals surface area contributed by atoms with Gasteiger partial charge in [-0.15, -0.1) is 10.2 Å². The van der Waals surface area contributed by atoms with Crippen molar-refractivity contribution in [1.29, 1.82) is 0 Å². The van der Waals surface area contributed by atoms with E-state index in [0.29, 0.717) is 66.4 Å². The number of hydrogen-bond acceptors (Lipinski definition) is 7. The molecule has 1 saturated heterocycles. The molecule has 1 fully saturated rings. The summed E-state index contributed by atoms with van der Waals surface area (Å²) in [4.78, 5) is 31.7. The van der Waals surface area contributed by atoms with Crippen LogP contribution in [0.15, 0.2) is 28.3 Å². The molecule has 30 heavy (non-hydrogen) atoms. The van der Waals surface area contributed by atoms with Crippen molar-refractivity contribution in [2.24, 2.45) is 7.05 Å². The lowest BCUT2D eigenvalue weighted by Gasteiger charge is -2.26.